The highest BCUT2D eigenvalue weighted by molar-refractivity contribution is 5.83. The van der Waals surface area contributed by atoms with Crippen LogP contribution in [0.5, 0.6) is 0 Å². The molecule has 1 aromatic carbocycles. The molecule has 3 heterocycles. The van der Waals surface area contributed by atoms with E-state index in [0.29, 0.717) is 24.1 Å². The van der Waals surface area contributed by atoms with Crippen LogP contribution in [0.15, 0.2) is 41.2 Å². The summed E-state index contributed by atoms with van der Waals surface area (Å²) in [6.45, 7) is 4.25. The summed E-state index contributed by atoms with van der Waals surface area (Å²) in [4.78, 5) is 17.4. The minimum Gasteiger partial charge on any atom is -0.388 e. The van der Waals surface area contributed by atoms with Crippen molar-refractivity contribution in [3.63, 3.8) is 0 Å². The molecular weight excluding hydrogens is 288 g/mol. The van der Waals surface area contributed by atoms with Gasteiger partial charge in [-0.25, -0.2) is 4.98 Å². The van der Waals surface area contributed by atoms with E-state index in [9.17, 15) is 9.90 Å². The van der Waals surface area contributed by atoms with Crippen LogP contribution in [0.1, 0.15) is 36.1 Å². The molecule has 1 N–H and O–H groups in total. The fourth-order valence-corrected chi connectivity index (χ4v) is 3.36. The molecule has 2 aromatic heterocycles. The van der Waals surface area contributed by atoms with Crippen molar-refractivity contribution in [2.45, 2.75) is 32.9 Å². The number of hydrogen-bond donors (Lipinski definition) is 1. The van der Waals surface area contributed by atoms with Crippen molar-refractivity contribution in [1.82, 2.24) is 9.55 Å². The minimum atomic E-state index is -0.613. The standard InChI is InChI=1S/C19H18N2O2/c1-3-17(22)14-9-16-18-13(10-21(16)19(23)11(14)2)8-12-6-4-5-7-15(12)20-18/h4-9,17,22H,3,10H2,1-2H3. The third-order valence-corrected chi connectivity index (χ3v) is 4.70. The molecule has 3 aromatic rings. The Bertz CT molecular complexity index is 989. The molecule has 0 saturated carbocycles. The lowest BCUT2D eigenvalue weighted by Gasteiger charge is -2.14. The van der Waals surface area contributed by atoms with Crippen molar-refractivity contribution >= 4 is 10.9 Å². The summed E-state index contributed by atoms with van der Waals surface area (Å²) >= 11 is 0. The van der Waals surface area contributed by atoms with Crippen molar-refractivity contribution in [2.75, 3.05) is 0 Å². The smallest absolute Gasteiger partial charge is 0.254 e. The number of rotatable bonds is 2. The fourth-order valence-electron chi connectivity index (χ4n) is 3.36. The zero-order valence-electron chi connectivity index (χ0n) is 13.2. The van der Waals surface area contributed by atoms with Gasteiger partial charge in [0.2, 0.25) is 0 Å². The zero-order chi connectivity index (χ0) is 16.1. The first-order valence-corrected chi connectivity index (χ1v) is 7.91. The highest BCUT2D eigenvalue weighted by Gasteiger charge is 2.25. The lowest BCUT2D eigenvalue weighted by molar-refractivity contribution is 0.172. The second-order valence-corrected chi connectivity index (χ2v) is 6.11. The third-order valence-electron chi connectivity index (χ3n) is 4.70. The number of hydrogen-bond acceptors (Lipinski definition) is 3. The van der Waals surface area contributed by atoms with E-state index < -0.39 is 6.10 Å². The largest absolute Gasteiger partial charge is 0.388 e. The van der Waals surface area contributed by atoms with Crippen LogP contribution < -0.4 is 5.56 Å². The number of para-hydroxylation sites is 1. The van der Waals surface area contributed by atoms with E-state index in [1.807, 2.05) is 37.3 Å². The SMILES string of the molecule is CCC(O)c1cc2n(c(=O)c1C)Cc1cc3ccccc3nc1-2. The van der Waals surface area contributed by atoms with Crippen LogP contribution in [0.4, 0.5) is 0 Å². The van der Waals surface area contributed by atoms with E-state index in [-0.39, 0.29) is 5.56 Å². The molecule has 0 saturated heterocycles. The van der Waals surface area contributed by atoms with Crippen LogP contribution >= 0.6 is 0 Å². The topological polar surface area (TPSA) is 55.1 Å². The van der Waals surface area contributed by atoms with Gasteiger partial charge in [-0.2, -0.15) is 0 Å². The van der Waals surface area contributed by atoms with Gasteiger partial charge in [0, 0.05) is 16.5 Å². The van der Waals surface area contributed by atoms with Gasteiger partial charge < -0.3 is 9.67 Å². The van der Waals surface area contributed by atoms with Gasteiger partial charge in [0.05, 0.1) is 29.6 Å². The second-order valence-electron chi connectivity index (χ2n) is 6.11. The maximum absolute atomic E-state index is 12.7. The highest BCUT2D eigenvalue weighted by Crippen LogP contribution is 2.33. The number of fused-ring (bicyclic) bond motifs is 4. The van der Waals surface area contributed by atoms with Crippen molar-refractivity contribution < 1.29 is 5.11 Å². The molecule has 0 bridgehead atoms. The predicted molar refractivity (Wildman–Crippen MR) is 90.5 cm³/mol. The Balaban J connectivity index is 2.00. The van der Waals surface area contributed by atoms with Crippen molar-refractivity contribution in [3.05, 3.63) is 63.4 Å². The van der Waals surface area contributed by atoms with Crippen molar-refractivity contribution in [3.8, 4) is 11.4 Å². The predicted octanol–water partition coefficient (Wildman–Crippen LogP) is 3.18. The molecule has 23 heavy (non-hydrogen) atoms. The van der Waals surface area contributed by atoms with Gasteiger partial charge in [0.15, 0.2) is 0 Å². The van der Waals surface area contributed by atoms with Gasteiger partial charge in [-0.05, 0) is 37.1 Å². The molecule has 4 rings (SSSR count). The lowest BCUT2D eigenvalue weighted by atomic mass is 10.0. The molecule has 1 atom stereocenters. The van der Waals surface area contributed by atoms with E-state index in [4.69, 9.17) is 4.98 Å². The lowest BCUT2D eigenvalue weighted by Crippen LogP contribution is -2.23. The number of benzene rings is 1. The Morgan fingerprint density at radius 1 is 1.30 bits per heavy atom. The van der Waals surface area contributed by atoms with Gasteiger partial charge in [-0.15, -0.1) is 0 Å². The first kappa shape index (κ1) is 14.2. The summed E-state index contributed by atoms with van der Waals surface area (Å²) in [5, 5.41) is 11.3. The van der Waals surface area contributed by atoms with E-state index >= 15 is 0 Å². The summed E-state index contributed by atoms with van der Waals surface area (Å²) in [6, 6.07) is 12.0. The maximum atomic E-state index is 12.7. The number of aliphatic hydroxyl groups is 1. The molecule has 4 heteroatoms. The Hall–Kier alpha value is -2.46. The minimum absolute atomic E-state index is 0.0351. The van der Waals surface area contributed by atoms with Crippen LogP contribution in [0.25, 0.3) is 22.3 Å². The van der Waals surface area contributed by atoms with Gasteiger partial charge in [0.1, 0.15) is 0 Å². The number of aliphatic hydroxyl groups excluding tert-OH is 1. The van der Waals surface area contributed by atoms with E-state index in [1.54, 1.807) is 11.5 Å². The Morgan fingerprint density at radius 3 is 2.87 bits per heavy atom. The fraction of sp³-hybridized carbons (Fsp3) is 0.263. The second kappa shape index (κ2) is 5.03. The van der Waals surface area contributed by atoms with Crippen LogP contribution in [0.3, 0.4) is 0 Å². The molecule has 1 aliphatic rings. The quantitative estimate of drug-likeness (QED) is 0.619. The molecule has 4 nitrogen and oxygen atoms in total. The first-order valence-electron chi connectivity index (χ1n) is 7.91. The van der Waals surface area contributed by atoms with E-state index in [1.165, 1.54) is 0 Å². The maximum Gasteiger partial charge on any atom is 0.254 e. The Kier molecular flexibility index (Phi) is 3.10. The third kappa shape index (κ3) is 2.02. The van der Waals surface area contributed by atoms with Crippen LogP contribution in [-0.4, -0.2) is 14.7 Å². The first-order chi connectivity index (χ1) is 11.1. The van der Waals surface area contributed by atoms with Gasteiger partial charge in [-0.3, -0.25) is 4.79 Å². The molecule has 0 amide bonds. The summed E-state index contributed by atoms with van der Waals surface area (Å²) in [5.41, 5.74) is 4.95. The summed E-state index contributed by atoms with van der Waals surface area (Å²) < 4.78 is 1.76. The number of nitrogens with zero attached hydrogens (tertiary/aromatic N) is 2. The van der Waals surface area contributed by atoms with Crippen LogP contribution in [-0.2, 0) is 6.54 Å². The van der Waals surface area contributed by atoms with E-state index in [0.717, 1.165) is 27.9 Å². The number of aromatic nitrogens is 2. The summed E-state index contributed by atoms with van der Waals surface area (Å²) in [5.74, 6) is 0. The van der Waals surface area contributed by atoms with E-state index in [2.05, 4.69) is 6.07 Å². The van der Waals surface area contributed by atoms with Crippen molar-refractivity contribution in [1.29, 1.82) is 0 Å². The van der Waals surface area contributed by atoms with Crippen LogP contribution in [0, 0.1) is 6.92 Å². The number of pyridine rings is 2. The Morgan fingerprint density at radius 2 is 2.09 bits per heavy atom. The molecular formula is C19H18N2O2. The van der Waals surface area contributed by atoms with Crippen LogP contribution in [0.2, 0.25) is 0 Å². The molecule has 116 valence electrons. The van der Waals surface area contributed by atoms with Gasteiger partial charge in [-0.1, -0.05) is 25.1 Å². The highest BCUT2D eigenvalue weighted by atomic mass is 16.3. The molecule has 0 spiro atoms. The molecule has 0 radical (unpaired) electrons. The molecule has 0 fully saturated rings. The summed E-state index contributed by atoms with van der Waals surface area (Å²) in [6.07, 6.45) is -0.0278. The van der Waals surface area contributed by atoms with Gasteiger partial charge in [0.25, 0.3) is 5.56 Å². The average molecular weight is 306 g/mol. The zero-order valence-corrected chi connectivity index (χ0v) is 13.2. The normalized spacial score (nSPS) is 13.9. The van der Waals surface area contributed by atoms with Crippen molar-refractivity contribution in [2.24, 2.45) is 0 Å². The van der Waals surface area contributed by atoms with Gasteiger partial charge >= 0.3 is 0 Å². The monoisotopic (exact) mass is 306 g/mol. The average Bonchev–Trinajstić information content (AvgIpc) is 2.93. The molecule has 0 aliphatic carbocycles. The Labute approximate surface area is 134 Å². The summed E-state index contributed by atoms with van der Waals surface area (Å²) in [7, 11) is 0. The molecule has 1 aliphatic heterocycles. The molecule has 1 unspecified atom stereocenters.